The van der Waals surface area contributed by atoms with Crippen molar-refractivity contribution in [3.63, 3.8) is 0 Å². The molecule has 0 bridgehead atoms. The van der Waals surface area contributed by atoms with Crippen LogP contribution >= 0.6 is 15.9 Å². The van der Waals surface area contributed by atoms with Gasteiger partial charge in [0.2, 0.25) is 0 Å². The van der Waals surface area contributed by atoms with Crippen LogP contribution in [-0.4, -0.2) is 55.6 Å². The van der Waals surface area contributed by atoms with Gasteiger partial charge in [0.05, 0.1) is 22.5 Å². The van der Waals surface area contributed by atoms with Crippen molar-refractivity contribution in [3.05, 3.63) is 16.9 Å². The molecule has 0 fully saturated rings. The first-order valence-corrected chi connectivity index (χ1v) is 7.84. The smallest absolute Gasteiger partial charge is 0.399 e. The maximum absolute atomic E-state index is 8.94. The number of amidine groups is 1. The van der Waals surface area contributed by atoms with E-state index in [0.717, 1.165) is 0 Å². The molecule has 0 aliphatic carbocycles. The summed E-state index contributed by atoms with van der Waals surface area (Å²) in [6.45, 7) is 1.51. The zero-order valence-corrected chi connectivity index (χ0v) is 15.4. The Bertz CT molecular complexity index is 842. The SMILES string of the molecule is COc1cc(OC(C)/C(N)=N/N(N)C(O)(O)O)c2c(N)ncnc2c1Br. The minimum absolute atomic E-state index is 0.0417. The van der Waals surface area contributed by atoms with Gasteiger partial charge in [-0.3, -0.25) is 0 Å². The maximum Gasteiger partial charge on any atom is 0.399 e. The molecule has 0 amide bonds. The number of anilines is 1. The van der Waals surface area contributed by atoms with Gasteiger partial charge in [-0.1, -0.05) is 0 Å². The zero-order valence-electron chi connectivity index (χ0n) is 13.8. The molecule has 9 N–H and O–H groups in total. The molecule has 12 nitrogen and oxygen atoms in total. The van der Waals surface area contributed by atoms with E-state index in [1.807, 2.05) is 0 Å². The molecule has 0 aliphatic heterocycles. The van der Waals surface area contributed by atoms with Gasteiger partial charge in [-0.15, -0.1) is 10.2 Å². The van der Waals surface area contributed by atoms with Crippen molar-refractivity contribution < 1.29 is 24.8 Å². The number of hydrazine groups is 1. The number of benzene rings is 1. The largest absolute Gasteiger partial charge is 0.495 e. The Kier molecular flexibility index (Phi) is 5.68. The monoisotopic (exact) mass is 431 g/mol. The van der Waals surface area contributed by atoms with Gasteiger partial charge in [-0.25, -0.2) is 15.8 Å². The van der Waals surface area contributed by atoms with E-state index in [9.17, 15) is 0 Å². The highest BCUT2D eigenvalue weighted by Crippen LogP contribution is 2.40. The van der Waals surface area contributed by atoms with Crippen LogP contribution < -0.4 is 26.8 Å². The molecule has 2 aromatic rings. The molecule has 0 saturated carbocycles. The molecule has 0 spiro atoms. The summed E-state index contributed by atoms with van der Waals surface area (Å²) in [6, 6.07) is 1.55. The fourth-order valence-corrected chi connectivity index (χ4v) is 2.52. The number of hydrogen-bond donors (Lipinski definition) is 6. The molecule has 1 aromatic heterocycles. The number of nitrogens with zero attached hydrogens (tertiary/aromatic N) is 4. The minimum Gasteiger partial charge on any atom is -0.495 e. The summed E-state index contributed by atoms with van der Waals surface area (Å²) in [6.07, 6.45) is -2.99. The molecule has 0 saturated heterocycles. The fraction of sp³-hybridized carbons (Fsp3) is 0.308. The third-order valence-corrected chi connectivity index (χ3v) is 4.05. The highest BCUT2D eigenvalue weighted by atomic mass is 79.9. The van der Waals surface area contributed by atoms with E-state index in [1.165, 1.54) is 20.4 Å². The van der Waals surface area contributed by atoms with E-state index in [1.54, 1.807) is 6.07 Å². The van der Waals surface area contributed by atoms with Gasteiger partial charge in [-0.2, -0.15) is 0 Å². The molecule has 1 unspecified atom stereocenters. The number of nitrogen functional groups attached to an aromatic ring is 1. The molecule has 13 heteroatoms. The predicted molar refractivity (Wildman–Crippen MR) is 95.3 cm³/mol. The number of methoxy groups -OCH3 is 1. The summed E-state index contributed by atoms with van der Waals surface area (Å²) < 4.78 is 11.6. The van der Waals surface area contributed by atoms with Crippen LogP contribution in [0.4, 0.5) is 5.82 Å². The van der Waals surface area contributed by atoms with Gasteiger partial charge < -0.3 is 36.3 Å². The Morgan fingerprint density at radius 2 is 2.00 bits per heavy atom. The Balaban J connectivity index is 2.44. The predicted octanol–water partition coefficient (Wildman–Crippen LogP) is -1.21. The van der Waals surface area contributed by atoms with Crippen LogP contribution in [0.3, 0.4) is 0 Å². The highest BCUT2D eigenvalue weighted by Gasteiger charge is 2.27. The number of hydrazone groups is 1. The Morgan fingerprint density at radius 1 is 1.35 bits per heavy atom. The molecule has 1 heterocycles. The first kappa shape index (κ1) is 19.9. The molecular formula is C13H18BrN7O5. The normalized spacial score (nSPS) is 13.6. The lowest BCUT2D eigenvalue weighted by Gasteiger charge is -2.24. The molecule has 142 valence electrons. The standard InChI is InChI=1S/C13H18BrN7O5/c1-5(11(15)20-21(17)13(22,23)24)26-6-3-7(25-2)9(14)10-8(6)12(16)19-4-18-10/h3-5,22-24H,17H2,1-2H3,(H2,15,20)(H2,16,18,19). The molecule has 1 aromatic carbocycles. The molecule has 26 heavy (non-hydrogen) atoms. The number of nitrogens with two attached hydrogens (primary N) is 3. The average molecular weight is 432 g/mol. The Hall–Kier alpha value is -2.45. The van der Waals surface area contributed by atoms with Crippen LogP contribution in [0.2, 0.25) is 0 Å². The van der Waals surface area contributed by atoms with Crippen LogP contribution in [0.1, 0.15) is 6.92 Å². The van der Waals surface area contributed by atoms with E-state index in [-0.39, 0.29) is 22.5 Å². The lowest BCUT2D eigenvalue weighted by atomic mass is 10.2. The van der Waals surface area contributed by atoms with Gasteiger partial charge in [-0.05, 0) is 22.9 Å². The summed E-state index contributed by atoms with van der Waals surface area (Å²) in [5, 5.41) is 30.6. The van der Waals surface area contributed by atoms with Crippen LogP contribution in [0.25, 0.3) is 10.9 Å². The minimum atomic E-state index is -3.38. The van der Waals surface area contributed by atoms with Crippen molar-refractivity contribution in [2.75, 3.05) is 12.8 Å². The fourth-order valence-electron chi connectivity index (χ4n) is 1.94. The summed E-state index contributed by atoms with van der Waals surface area (Å²) in [7, 11) is 1.47. The third kappa shape index (κ3) is 4.03. The molecule has 0 aliphatic rings. The van der Waals surface area contributed by atoms with E-state index < -0.39 is 12.2 Å². The van der Waals surface area contributed by atoms with E-state index >= 15 is 0 Å². The Labute approximate surface area is 155 Å². The van der Waals surface area contributed by atoms with Crippen LogP contribution in [0, 0.1) is 0 Å². The number of fused-ring (bicyclic) bond motifs is 1. The lowest BCUT2D eigenvalue weighted by molar-refractivity contribution is -0.395. The van der Waals surface area contributed by atoms with Crippen molar-refractivity contribution in [3.8, 4) is 11.5 Å². The number of aromatic nitrogens is 2. The first-order chi connectivity index (χ1) is 12.1. The number of hydrogen-bond acceptors (Lipinski definition) is 11. The molecule has 0 radical (unpaired) electrons. The average Bonchev–Trinajstić information content (AvgIpc) is 2.56. The lowest BCUT2D eigenvalue weighted by Crippen LogP contribution is -2.51. The number of ether oxygens (including phenoxy) is 2. The second-order valence-corrected chi connectivity index (χ2v) is 5.90. The number of rotatable bonds is 6. The van der Waals surface area contributed by atoms with Crippen molar-refractivity contribution in [2.24, 2.45) is 16.7 Å². The number of halogens is 1. The van der Waals surface area contributed by atoms with Crippen LogP contribution in [-0.2, 0) is 0 Å². The summed E-state index contributed by atoms with van der Waals surface area (Å²) in [4.78, 5) is 8.09. The third-order valence-electron chi connectivity index (χ3n) is 3.28. The van der Waals surface area contributed by atoms with Gasteiger partial charge in [0.1, 0.15) is 23.6 Å². The maximum atomic E-state index is 8.94. The topological polar surface area (TPSA) is 199 Å². The van der Waals surface area contributed by atoms with Crippen LogP contribution in [0.15, 0.2) is 22.0 Å². The van der Waals surface area contributed by atoms with Crippen LogP contribution in [0.5, 0.6) is 11.5 Å². The van der Waals surface area contributed by atoms with Gasteiger partial charge in [0, 0.05) is 6.07 Å². The molecular weight excluding hydrogens is 414 g/mol. The zero-order chi connectivity index (χ0) is 19.6. The van der Waals surface area contributed by atoms with E-state index in [4.69, 9.17) is 42.1 Å². The van der Waals surface area contributed by atoms with Crippen molar-refractivity contribution in [1.82, 2.24) is 15.1 Å². The van der Waals surface area contributed by atoms with Gasteiger partial charge in [0.15, 0.2) is 11.9 Å². The second kappa shape index (κ2) is 7.43. The Morgan fingerprint density at radius 3 is 2.58 bits per heavy atom. The highest BCUT2D eigenvalue weighted by molar-refractivity contribution is 9.10. The van der Waals surface area contributed by atoms with Gasteiger partial charge in [0.25, 0.3) is 0 Å². The molecule has 2 rings (SSSR count). The first-order valence-electron chi connectivity index (χ1n) is 7.05. The number of aliphatic hydroxyl groups is 3. The van der Waals surface area contributed by atoms with Crippen molar-refractivity contribution in [1.29, 1.82) is 0 Å². The summed E-state index contributed by atoms with van der Waals surface area (Å²) >= 11 is 3.38. The van der Waals surface area contributed by atoms with Crippen molar-refractivity contribution in [2.45, 2.75) is 19.1 Å². The quantitative estimate of drug-likeness (QED) is 0.105. The van der Waals surface area contributed by atoms with Crippen molar-refractivity contribution >= 4 is 38.5 Å². The molecule has 1 atom stereocenters. The van der Waals surface area contributed by atoms with E-state index in [0.29, 0.717) is 21.1 Å². The van der Waals surface area contributed by atoms with Gasteiger partial charge >= 0.3 is 6.10 Å². The second-order valence-electron chi connectivity index (χ2n) is 5.10. The summed E-state index contributed by atoms with van der Waals surface area (Å²) in [5.41, 5.74) is 12.1. The van der Waals surface area contributed by atoms with E-state index in [2.05, 4.69) is 31.0 Å². The summed E-state index contributed by atoms with van der Waals surface area (Å²) in [5.74, 6) is 5.73.